The monoisotopic (exact) mass is 1370 g/mol. The van der Waals surface area contributed by atoms with Crippen LogP contribution < -0.4 is 26.2 Å². The van der Waals surface area contributed by atoms with Gasteiger partial charge in [0.05, 0.1) is 33.4 Å². The number of nitrogens with zero attached hydrogens (tertiary/aromatic N) is 4. The van der Waals surface area contributed by atoms with Gasteiger partial charge < -0.3 is 18.9 Å². The molecule has 17 aromatic rings. The van der Waals surface area contributed by atoms with Crippen LogP contribution in [0, 0.1) is 0 Å². The highest BCUT2D eigenvalue weighted by Gasteiger charge is 2.47. The zero-order chi connectivity index (χ0) is 72.6. The summed E-state index contributed by atoms with van der Waals surface area (Å²) < 4.78 is 4.90. The minimum atomic E-state index is -0.316. The van der Waals surface area contributed by atoms with Gasteiger partial charge in [0.15, 0.2) is 0 Å². The first-order valence-electron chi connectivity index (χ1n) is 37.8. The molecule has 19 rings (SSSR count). The van der Waals surface area contributed by atoms with E-state index in [1.807, 2.05) is 0 Å². The van der Waals surface area contributed by atoms with E-state index in [1.165, 1.54) is 110 Å². The molecule has 514 valence electrons. The van der Waals surface area contributed by atoms with Crippen LogP contribution in [-0.2, 0) is 16.2 Å². The van der Waals surface area contributed by atoms with Crippen LogP contribution in [0.25, 0.3) is 122 Å². The molecule has 0 unspecified atom stereocenters. The molecule has 0 atom stereocenters. The standard InChI is InChI=1S/C102H83BN4/c1-100(2,3)72-60-81(66-34-16-10-17-35-66)98(82(61-72)67-36-18-11-19-37-67)106-89-56-54-70(77-48-32-52-91-95(77)79-46-28-30-50-87(79)104(91)75-42-24-14-25-43-75)58-85(89)103-86-59-71(78-49-33-53-92-96(78)80-47-29-31-51-88(80)105(92)76-44-26-15-27-45-76)55-57-90(86)107(94-65-74(102(7,8)9)64-93(106)97(94)103)99-83(68-38-20-12-21-39-68)62-73(101(4,5)6)63-84(99)69-40-22-13-23-41-69/h10-65H,1-9H3. The lowest BCUT2D eigenvalue weighted by molar-refractivity contribution is 0.590. The summed E-state index contributed by atoms with van der Waals surface area (Å²) in [6.07, 6.45) is 0. The number of anilines is 6. The molecule has 0 radical (unpaired) electrons. The summed E-state index contributed by atoms with van der Waals surface area (Å²) in [5, 5.41) is 4.89. The number of rotatable bonds is 10. The fraction of sp³-hybridized carbons (Fsp3) is 0.118. The largest absolute Gasteiger partial charge is 0.310 e. The van der Waals surface area contributed by atoms with Gasteiger partial charge in [-0.2, -0.15) is 0 Å². The zero-order valence-electron chi connectivity index (χ0n) is 62.2. The van der Waals surface area contributed by atoms with Crippen molar-refractivity contribution in [3.05, 3.63) is 356 Å². The Balaban J connectivity index is 0.999. The quantitative estimate of drug-likeness (QED) is 0.127. The van der Waals surface area contributed by atoms with Gasteiger partial charge in [-0.05, 0) is 191 Å². The Bertz CT molecular complexity index is 5850. The van der Waals surface area contributed by atoms with E-state index in [4.69, 9.17) is 0 Å². The summed E-state index contributed by atoms with van der Waals surface area (Å²) in [6, 6.07) is 129. The van der Waals surface area contributed by atoms with E-state index in [-0.39, 0.29) is 23.0 Å². The van der Waals surface area contributed by atoms with Gasteiger partial charge in [0.1, 0.15) is 0 Å². The summed E-state index contributed by atoms with van der Waals surface area (Å²) in [5.74, 6) is 0. The van der Waals surface area contributed by atoms with Crippen LogP contribution in [0.1, 0.15) is 79.0 Å². The molecule has 2 aliphatic rings. The number of fused-ring (bicyclic) bond motifs is 10. The van der Waals surface area contributed by atoms with Gasteiger partial charge in [-0.1, -0.05) is 305 Å². The van der Waals surface area contributed by atoms with E-state index in [1.54, 1.807) is 0 Å². The first kappa shape index (κ1) is 65.3. The molecule has 0 fully saturated rings. The van der Waals surface area contributed by atoms with E-state index >= 15 is 0 Å². The molecule has 15 aromatic carbocycles. The number of hydrogen-bond acceptors (Lipinski definition) is 2. The number of para-hydroxylation sites is 4. The molecule has 0 bridgehead atoms. The van der Waals surface area contributed by atoms with Gasteiger partial charge in [0, 0.05) is 77.9 Å². The lowest BCUT2D eigenvalue weighted by Crippen LogP contribution is -2.61. The third-order valence-electron chi connectivity index (χ3n) is 22.7. The molecule has 4 heterocycles. The maximum atomic E-state index is 2.73. The second kappa shape index (κ2) is 25.1. The van der Waals surface area contributed by atoms with Gasteiger partial charge in [0.2, 0.25) is 0 Å². The van der Waals surface area contributed by atoms with Crippen molar-refractivity contribution in [2.24, 2.45) is 0 Å². The Morgan fingerprint density at radius 1 is 0.234 bits per heavy atom. The van der Waals surface area contributed by atoms with Crippen LogP contribution in [0.5, 0.6) is 0 Å². The lowest BCUT2D eigenvalue weighted by Gasteiger charge is -2.47. The topological polar surface area (TPSA) is 16.3 Å². The molecule has 2 aromatic heterocycles. The maximum absolute atomic E-state index is 2.73. The molecule has 4 nitrogen and oxygen atoms in total. The molecule has 0 saturated carbocycles. The summed E-state index contributed by atoms with van der Waals surface area (Å²) in [5.41, 5.74) is 34.6. The number of benzene rings is 15. The van der Waals surface area contributed by atoms with Crippen molar-refractivity contribution in [1.29, 1.82) is 0 Å². The Morgan fingerprint density at radius 2 is 0.533 bits per heavy atom. The van der Waals surface area contributed by atoms with E-state index in [9.17, 15) is 0 Å². The minimum absolute atomic E-state index is 0.195. The Kier molecular flexibility index (Phi) is 15.4. The first-order valence-corrected chi connectivity index (χ1v) is 37.8. The van der Waals surface area contributed by atoms with Crippen molar-refractivity contribution >= 4 is 101 Å². The van der Waals surface area contributed by atoms with Crippen LogP contribution in [-0.4, -0.2) is 15.8 Å². The van der Waals surface area contributed by atoms with Crippen molar-refractivity contribution in [3.63, 3.8) is 0 Å². The molecule has 5 heteroatoms. The molecular formula is C102H83BN4. The number of aromatic nitrogens is 2. The van der Waals surface area contributed by atoms with Crippen molar-refractivity contribution in [3.8, 4) is 78.1 Å². The van der Waals surface area contributed by atoms with Crippen LogP contribution >= 0.6 is 0 Å². The predicted octanol–water partition coefficient (Wildman–Crippen LogP) is 25.9. The summed E-state index contributed by atoms with van der Waals surface area (Å²) >= 11 is 0. The third kappa shape index (κ3) is 10.8. The van der Waals surface area contributed by atoms with Gasteiger partial charge in [-0.15, -0.1) is 0 Å². The Labute approximate surface area is 628 Å². The highest BCUT2D eigenvalue weighted by molar-refractivity contribution is 7.00. The molecule has 2 aliphatic heterocycles. The second-order valence-corrected chi connectivity index (χ2v) is 32.4. The predicted molar refractivity (Wildman–Crippen MR) is 458 cm³/mol. The van der Waals surface area contributed by atoms with E-state index in [0.717, 1.165) is 78.9 Å². The van der Waals surface area contributed by atoms with Crippen LogP contribution in [0.15, 0.2) is 340 Å². The van der Waals surface area contributed by atoms with Gasteiger partial charge in [-0.25, -0.2) is 0 Å². The fourth-order valence-corrected chi connectivity index (χ4v) is 17.5. The average molecular weight is 1380 g/mol. The van der Waals surface area contributed by atoms with E-state index in [2.05, 4.69) is 421 Å². The SMILES string of the molecule is CC(C)(C)c1cc(-c2ccccc2)c(N2c3ccc(-c4cccc5c4c4ccccc4n5-c4ccccc4)cc3B3c4cc(-c5cccc6c5c5ccccc5n6-c5ccccc5)ccc4N(c4c(-c5ccccc5)cc(C(C)(C)C)cc4-c4ccccc4)c4cc(C(C)(C)C)cc2c43)c(-c2ccccc2)c1. The van der Waals surface area contributed by atoms with Gasteiger partial charge in [0.25, 0.3) is 6.71 Å². The van der Waals surface area contributed by atoms with Gasteiger partial charge in [-0.3, -0.25) is 0 Å². The Hall–Kier alpha value is -12.4. The highest BCUT2D eigenvalue weighted by atomic mass is 15.2. The molecule has 0 spiro atoms. The molecular weight excluding hydrogens is 1290 g/mol. The minimum Gasteiger partial charge on any atom is -0.310 e. The van der Waals surface area contributed by atoms with E-state index in [0.29, 0.717) is 0 Å². The molecule has 107 heavy (non-hydrogen) atoms. The number of hydrogen-bond donors (Lipinski definition) is 0. The molecule has 0 saturated heterocycles. The third-order valence-corrected chi connectivity index (χ3v) is 22.7. The maximum Gasteiger partial charge on any atom is 0.252 e. The fourth-order valence-electron chi connectivity index (χ4n) is 17.5. The summed E-state index contributed by atoms with van der Waals surface area (Å²) in [4.78, 5) is 5.46. The van der Waals surface area contributed by atoms with Crippen molar-refractivity contribution < 1.29 is 0 Å². The normalized spacial score (nSPS) is 12.9. The van der Waals surface area contributed by atoms with E-state index < -0.39 is 0 Å². The second-order valence-electron chi connectivity index (χ2n) is 32.4. The van der Waals surface area contributed by atoms with Crippen molar-refractivity contribution in [1.82, 2.24) is 9.13 Å². The van der Waals surface area contributed by atoms with Crippen LogP contribution in [0.2, 0.25) is 0 Å². The highest BCUT2D eigenvalue weighted by Crippen LogP contribution is 2.56. The Morgan fingerprint density at radius 3 is 0.869 bits per heavy atom. The van der Waals surface area contributed by atoms with Crippen LogP contribution in [0.4, 0.5) is 34.1 Å². The molecule has 0 amide bonds. The lowest BCUT2D eigenvalue weighted by atomic mass is 9.33. The molecule has 0 N–H and O–H groups in total. The molecule has 0 aliphatic carbocycles. The van der Waals surface area contributed by atoms with Crippen molar-refractivity contribution in [2.75, 3.05) is 9.80 Å². The zero-order valence-corrected chi connectivity index (χ0v) is 62.2. The summed E-state index contributed by atoms with van der Waals surface area (Å²) in [7, 11) is 0. The first-order chi connectivity index (χ1) is 52.0. The smallest absolute Gasteiger partial charge is 0.252 e. The average Bonchev–Trinajstić information content (AvgIpc) is 1.34. The summed E-state index contributed by atoms with van der Waals surface area (Å²) in [6.45, 7) is 21.1. The van der Waals surface area contributed by atoms with Crippen molar-refractivity contribution in [2.45, 2.75) is 78.6 Å². The van der Waals surface area contributed by atoms with Gasteiger partial charge >= 0.3 is 0 Å². The van der Waals surface area contributed by atoms with Crippen LogP contribution in [0.3, 0.4) is 0 Å².